The molecule has 2 heteroatoms. The first-order chi connectivity index (χ1) is 7.92. The summed E-state index contributed by atoms with van der Waals surface area (Å²) in [6.45, 7) is 3.96. The van der Waals surface area contributed by atoms with Crippen molar-refractivity contribution in [1.82, 2.24) is 5.32 Å². The van der Waals surface area contributed by atoms with Gasteiger partial charge in [-0.15, -0.1) is 6.42 Å². The van der Waals surface area contributed by atoms with Gasteiger partial charge in [0, 0.05) is 18.8 Å². The van der Waals surface area contributed by atoms with Crippen molar-refractivity contribution in [2.24, 2.45) is 0 Å². The summed E-state index contributed by atoms with van der Waals surface area (Å²) in [5.74, 6) is 2.59. The highest BCUT2D eigenvalue weighted by Gasteiger charge is 2.16. The van der Waals surface area contributed by atoms with Crippen LogP contribution in [0.15, 0.2) is 24.3 Å². The molecule has 0 radical (unpaired) electrons. The van der Waals surface area contributed by atoms with E-state index in [1.54, 1.807) is 0 Å². The Morgan fingerprint density at radius 1 is 1.38 bits per heavy atom. The molecule has 0 fully saturated rings. The molecule has 1 aliphatic rings. The second-order valence-electron chi connectivity index (χ2n) is 4.10. The minimum absolute atomic E-state index is 0.677. The van der Waals surface area contributed by atoms with Crippen LogP contribution in [0.1, 0.15) is 12.0 Å². The summed E-state index contributed by atoms with van der Waals surface area (Å²) in [6.07, 6.45) is 7.51. The van der Waals surface area contributed by atoms with Crippen molar-refractivity contribution in [3.63, 3.8) is 0 Å². The molecule has 0 aromatic heterocycles. The van der Waals surface area contributed by atoms with Crippen LogP contribution in [-0.2, 0) is 6.42 Å². The highest BCUT2D eigenvalue weighted by atomic mass is 15.1. The van der Waals surface area contributed by atoms with Crippen LogP contribution in [0.4, 0.5) is 5.69 Å². The molecular weight excluding hydrogens is 196 g/mol. The Balaban J connectivity index is 1.78. The van der Waals surface area contributed by atoms with Crippen LogP contribution in [0, 0.1) is 12.3 Å². The first-order valence-electron chi connectivity index (χ1n) is 5.89. The predicted octanol–water partition coefficient (Wildman–Crippen LogP) is 1.66. The predicted molar refractivity (Wildman–Crippen MR) is 68.7 cm³/mol. The zero-order valence-electron chi connectivity index (χ0n) is 9.58. The summed E-state index contributed by atoms with van der Waals surface area (Å²) < 4.78 is 0. The van der Waals surface area contributed by atoms with Crippen LogP contribution in [0.2, 0.25) is 0 Å². The first-order valence-corrected chi connectivity index (χ1v) is 5.89. The molecule has 1 N–H and O–H groups in total. The van der Waals surface area contributed by atoms with E-state index in [4.69, 9.17) is 6.42 Å². The lowest BCUT2D eigenvalue weighted by Crippen LogP contribution is -2.25. The van der Waals surface area contributed by atoms with Gasteiger partial charge in [-0.1, -0.05) is 24.1 Å². The maximum absolute atomic E-state index is 5.17. The second-order valence-corrected chi connectivity index (χ2v) is 4.10. The van der Waals surface area contributed by atoms with Crippen LogP contribution < -0.4 is 10.2 Å². The van der Waals surface area contributed by atoms with Gasteiger partial charge in [0.15, 0.2) is 0 Å². The van der Waals surface area contributed by atoms with Crippen LogP contribution in [0.3, 0.4) is 0 Å². The summed E-state index contributed by atoms with van der Waals surface area (Å²) in [7, 11) is 0. The fourth-order valence-electron chi connectivity index (χ4n) is 2.19. The largest absolute Gasteiger partial charge is 0.371 e. The zero-order valence-corrected chi connectivity index (χ0v) is 9.58. The first kappa shape index (κ1) is 11.0. The highest BCUT2D eigenvalue weighted by Crippen LogP contribution is 2.26. The Hall–Kier alpha value is -1.46. The van der Waals surface area contributed by atoms with Gasteiger partial charge in [-0.2, -0.15) is 0 Å². The number of nitrogens with one attached hydrogen (secondary N) is 1. The van der Waals surface area contributed by atoms with Crippen molar-refractivity contribution in [1.29, 1.82) is 0 Å². The number of hydrogen-bond donors (Lipinski definition) is 1. The minimum Gasteiger partial charge on any atom is -0.371 e. The van der Waals surface area contributed by atoms with Crippen molar-refractivity contribution < 1.29 is 0 Å². The third kappa shape index (κ3) is 2.56. The molecule has 84 valence electrons. The molecule has 0 atom stereocenters. The van der Waals surface area contributed by atoms with Crippen LogP contribution in [-0.4, -0.2) is 26.2 Å². The third-order valence-corrected chi connectivity index (χ3v) is 2.99. The van der Waals surface area contributed by atoms with Gasteiger partial charge in [-0.05, 0) is 31.0 Å². The molecule has 1 heterocycles. The van der Waals surface area contributed by atoms with Gasteiger partial charge >= 0.3 is 0 Å². The molecule has 2 nitrogen and oxygen atoms in total. The number of benzene rings is 1. The van der Waals surface area contributed by atoms with Crippen LogP contribution >= 0.6 is 0 Å². The van der Waals surface area contributed by atoms with Crippen molar-refractivity contribution in [2.75, 3.05) is 31.1 Å². The van der Waals surface area contributed by atoms with Crippen molar-refractivity contribution in [3.8, 4) is 12.3 Å². The number of terminal acetylenes is 1. The molecule has 1 aromatic carbocycles. The number of para-hydroxylation sites is 1. The van der Waals surface area contributed by atoms with Gasteiger partial charge in [0.1, 0.15) is 0 Å². The molecule has 1 aliphatic heterocycles. The quantitative estimate of drug-likeness (QED) is 0.592. The highest BCUT2D eigenvalue weighted by molar-refractivity contribution is 5.57. The number of nitrogens with zero attached hydrogens (tertiary/aromatic N) is 1. The molecule has 2 rings (SSSR count). The van der Waals surface area contributed by atoms with E-state index in [-0.39, 0.29) is 0 Å². The summed E-state index contributed by atoms with van der Waals surface area (Å²) >= 11 is 0. The molecule has 0 saturated carbocycles. The average Bonchev–Trinajstić information content (AvgIpc) is 2.73. The number of rotatable bonds is 5. The molecule has 0 amide bonds. The monoisotopic (exact) mass is 214 g/mol. The molecule has 16 heavy (non-hydrogen) atoms. The number of anilines is 1. The van der Waals surface area contributed by atoms with E-state index in [1.165, 1.54) is 17.7 Å². The van der Waals surface area contributed by atoms with Gasteiger partial charge in [-0.3, -0.25) is 0 Å². The lowest BCUT2D eigenvalue weighted by atomic mass is 10.2. The normalized spacial score (nSPS) is 13.6. The van der Waals surface area contributed by atoms with Gasteiger partial charge in [0.2, 0.25) is 0 Å². The summed E-state index contributed by atoms with van der Waals surface area (Å²) in [6, 6.07) is 8.69. The average molecular weight is 214 g/mol. The van der Waals surface area contributed by atoms with Crippen LogP contribution in [0.25, 0.3) is 0 Å². The van der Waals surface area contributed by atoms with Crippen molar-refractivity contribution >= 4 is 5.69 Å². The van der Waals surface area contributed by atoms with E-state index >= 15 is 0 Å². The fourth-order valence-corrected chi connectivity index (χ4v) is 2.19. The Morgan fingerprint density at radius 3 is 3.12 bits per heavy atom. The zero-order chi connectivity index (χ0) is 11.2. The summed E-state index contributed by atoms with van der Waals surface area (Å²) in [5, 5.41) is 3.22. The lowest BCUT2D eigenvalue weighted by Gasteiger charge is -2.19. The Morgan fingerprint density at radius 2 is 2.25 bits per heavy atom. The molecule has 0 unspecified atom stereocenters. The van der Waals surface area contributed by atoms with E-state index < -0.39 is 0 Å². The number of fused-ring (bicyclic) bond motifs is 1. The second kappa shape index (κ2) is 5.58. The van der Waals surface area contributed by atoms with Gasteiger partial charge in [0.05, 0.1) is 6.54 Å². The standard InChI is InChI=1S/C14H18N2/c1-2-9-15-10-5-11-16-12-8-13-6-3-4-7-14(13)16/h1,3-4,6-7,15H,5,8-12H2. The summed E-state index contributed by atoms with van der Waals surface area (Å²) in [5.41, 5.74) is 2.90. The summed E-state index contributed by atoms with van der Waals surface area (Å²) in [4.78, 5) is 2.47. The maximum atomic E-state index is 5.17. The van der Waals surface area contributed by atoms with E-state index in [0.29, 0.717) is 6.54 Å². The van der Waals surface area contributed by atoms with Crippen molar-refractivity contribution in [3.05, 3.63) is 29.8 Å². The van der Waals surface area contributed by atoms with E-state index in [1.807, 2.05) is 0 Å². The van der Waals surface area contributed by atoms with Gasteiger partial charge in [0.25, 0.3) is 0 Å². The Labute approximate surface area is 97.7 Å². The number of hydrogen-bond acceptors (Lipinski definition) is 2. The SMILES string of the molecule is C#CCNCCCN1CCc2ccccc21. The molecule has 1 aromatic rings. The van der Waals surface area contributed by atoms with Gasteiger partial charge < -0.3 is 10.2 Å². The molecule has 0 bridgehead atoms. The maximum Gasteiger partial charge on any atom is 0.0573 e. The Bertz CT molecular complexity index is 379. The van der Waals surface area contributed by atoms with Gasteiger partial charge in [-0.25, -0.2) is 0 Å². The minimum atomic E-state index is 0.677. The molecular formula is C14H18N2. The van der Waals surface area contributed by atoms with Crippen molar-refractivity contribution in [2.45, 2.75) is 12.8 Å². The van der Waals surface area contributed by atoms with E-state index in [2.05, 4.69) is 40.4 Å². The smallest absolute Gasteiger partial charge is 0.0573 e. The van der Waals surface area contributed by atoms with E-state index in [0.717, 1.165) is 26.1 Å². The lowest BCUT2D eigenvalue weighted by molar-refractivity contribution is 0.677. The molecule has 0 aliphatic carbocycles. The third-order valence-electron chi connectivity index (χ3n) is 2.99. The fraction of sp³-hybridized carbons (Fsp3) is 0.429. The van der Waals surface area contributed by atoms with Crippen LogP contribution in [0.5, 0.6) is 0 Å². The topological polar surface area (TPSA) is 15.3 Å². The Kier molecular flexibility index (Phi) is 3.85. The van der Waals surface area contributed by atoms with E-state index in [9.17, 15) is 0 Å². The molecule has 0 spiro atoms. The molecule has 0 saturated heterocycles.